The zero-order valence-electron chi connectivity index (χ0n) is 14.6. The van der Waals surface area contributed by atoms with Crippen molar-refractivity contribution in [1.82, 2.24) is 0 Å². The SMILES string of the molecule is CO[C@H]1CCN(c2ccc(NC(=O)c3ccc(OC(F)(F)F)cc3)cc2)C1. The zero-order chi connectivity index (χ0) is 19.4. The Morgan fingerprint density at radius 3 is 2.33 bits per heavy atom. The molecule has 144 valence electrons. The van der Waals surface area contributed by atoms with E-state index in [0.717, 1.165) is 37.3 Å². The molecule has 0 aliphatic carbocycles. The molecular formula is C19H19F3N2O3. The van der Waals surface area contributed by atoms with Gasteiger partial charge in [0.15, 0.2) is 0 Å². The van der Waals surface area contributed by atoms with Crippen LogP contribution in [0.15, 0.2) is 48.5 Å². The lowest BCUT2D eigenvalue weighted by Gasteiger charge is -2.18. The first-order valence-corrected chi connectivity index (χ1v) is 8.39. The number of anilines is 2. The maximum Gasteiger partial charge on any atom is 0.573 e. The van der Waals surface area contributed by atoms with Gasteiger partial charge in [-0.2, -0.15) is 0 Å². The van der Waals surface area contributed by atoms with Crippen molar-refractivity contribution in [3.05, 3.63) is 54.1 Å². The molecule has 8 heteroatoms. The topological polar surface area (TPSA) is 50.8 Å². The Hall–Kier alpha value is -2.74. The van der Waals surface area contributed by atoms with Gasteiger partial charge in [0.2, 0.25) is 0 Å². The van der Waals surface area contributed by atoms with Gasteiger partial charge in [-0.25, -0.2) is 0 Å². The van der Waals surface area contributed by atoms with Crippen LogP contribution in [0.1, 0.15) is 16.8 Å². The lowest BCUT2D eigenvalue weighted by atomic mass is 10.2. The summed E-state index contributed by atoms with van der Waals surface area (Å²) in [5.74, 6) is -0.787. The lowest BCUT2D eigenvalue weighted by Crippen LogP contribution is -2.22. The monoisotopic (exact) mass is 380 g/mol. The van der Waals surface area contributed by atoms with Crippen LogP contribution in [0.3, 0.4) is 0 Å². The lowest BCUT2D eigenvalue weighted by molar-refractivity contribution is -0.274. The van der Waals surface area contributed by atoms with E-state index in [1.165, 1.54) is 12.1 Å². The highest BCUT2D eigenvalue weighted by molar-refractivity contribution is 6.04. The van der Waals surface area contributed by atoms with Gasteiger partial charge in [-0.15, -0.1) is 13.2 Å². The molecule has 3 rings (SSSR count). The highest BCUT2D eigenvalue weighted by Gasteiger charge is 2.31. The highest BCUT2D eigenvalue weighted by Crippen LogP contribution is 2.25. The second-order valence-electron chi connectivity index (χ2n) is 6.17. The van der Waals surface area contributed by atoms with Crippen LogP contribution in [-0.4, -0.2) is 38.6 Å². The summed E-state index contributed by atoms with van der Waals surface area (Å²) in [5, 5.41) is 2.72. The van der Waals surface area contributed by atoms with Crippen LogP contribution < -0.4 is 15.0 Å². The summed E-state index contributed by atoms with van der Waals surface area (Å²) in [6.45, 7) is 1.74. The van der Waals surface area contributed by atoms with Gasteiger partial charge in [0.1, 0.15) is 5.75 Å². The Morgan fingerprint density at radius 1 is 1.11 bits per heavy atom. The van der Waals surface area contributed by atoms with Crippen molar-refractivity contribution < 1.29 is 27.4 Å². The molecule has 0 radical (unpaired) electrons. The molecule has 1 heterocycles. The minimum absolute atomic E-state index is 0.230. The van der Waals surface area contributed by atoms with Crippen LogP contribution in [0.25, 0.3) is 0 Å². The maximum absolute atomic E-state index is 12.2. The number of benzene rings is 2. The van der Waals surface area contributed by atoms with Gasteiger partial charge in [-0.1, -0.05) is 0 Å². The average Bonchev–Trinajstić information content (AvgIpc) is 3.11. The molecule has 0 saturated carbocycles. The van der Waals surface area contributed by atoms with Crippen molar-refractivity contribution in [2.75, 3.05) is 30.4 Å². The molecule has 0 bridgehead atoms. The van der Waals surface area contributed by atoms with Crippen molar-refractivity contribution in [3.63, 3.8) is 0 Å². The van der Waals surface area contributed by atoms with E-state index in [1.807, 2.05) is 12.1 Å². The van der Waals surface area contributed by atoms with Crippen molar-refractivity contribution >= 4 is 17.3 Å². The predicted molar refractivity (Wildman–Crippen MR) is 95.1 cm³/mol. The molecule has 5 nitrogen and oxygen atoms in total. The molecule has 2 aromatic carbocycles. The molecule has 1 aliphatic heterocycles. The molecular weight excluding hydrogens is 361 g/mol. The summed E-state index contributed by atoms with van der Waals surface area (Å²) in [6, 6.07) is 12.2. The second-order valence-corrected chi connectivity index (χ2v) is 6.17. The van der Waals surface area contributed by atoms with Gasteiger partial charge in [-0.3, -0.25) is 4.79 Å². The summed E-state index contributed by atoms with van der Waals surface area (Å²) in [6.07, 6.45) is -3.55. The smallest absolute Gasteiger partial charge is 0.406 e. The van der Waals surface area contributed by atoms with E-state index in [4.69, 9.17) is 4.74 Å². The van der Waals surface area contributed by atoms with Crippen LogP contribution in [0.4, 0.5) is 24.5 Å². The second kappa shape index (κ2) is 7.87. The van der Waals surface area contributed by atoms with E-state index in [1.54, 1.807) is 19.2 Å². The number of hydrogen-bond acceptors (Lipinski definition) is 4. The van der Waals surface area contributed by atoms with E-state index in [2.05, 4.69) is 15.0 Å². The molecule has 2 aromatic rings. The minimum atomic E-state index is -4.76. The van der Waals surface area contributed by atoms with E-state index < -0.39 is 12.3 Å². The number of rotatable bonds is 5. The Morgan fingerprint density at radius 2 is 1.78 bits per heavy atom. The number of carbonyl (C=O) groups is 1. The van der Waals surface area contributed by atoms with Crippen molar-refractivity contribution in [2.24, 2.45) is 0 Å². The summed E-state index contributed by atoms with van der Waals surface area (Å²) in [4.78, 5) is 14.4. The van der Waals surface area contributed by atoms with Gasteiger partial charge >= 0.3 is 6.36 Å². The van der Waals surface area contributed by atoms with E-state index >= 15 is 0 Å². The van der Waals surface area contributed by atoms with E-state index in [9.17, 15) is 18.0 Å². The molecule has 0 spiro atoms. The first kappa shape index (κ1) is 19.0. The normalized spacial score (nSPS) is 17.0. The molecule has 1 aliphatic rings. The van der Waals surface area contributed by atoms with Crippen LogP contribution in [-0.2, 0) is 4.74 Å². The third-order valence-corrected chi connectivity index (χ3v) is 4.32. The van der Waals surface area contributed by atoms with Gasteiger partial charge < -0.3 is 19.7 Å². The average molecular weight is 380 g/mol. The Balaban J connectivity index is 1.59. The number of alkyl halides is 3. The maximum atomic E-state index is 12.2. The highest BCUT2D eigenvalue weighted by atomic mass is 19.4. The number of carbonyl (C=O) groups excluding carboxylic acids is 1. The summed E-state index contributed by atoms with van der Waals surface area (Å²) < 4.78 is 45.6. The number of nitrogens with zero attached hydrogens (tertiary/aromatic N) is 1. The number of hydrogen-bond donors (Lipinski definition) is 1. The third-order valence-electron chi connectivity index (χ3n) is 4.32. The first-order valence-electron chi connectivity index (χ1n) is 8.39. The molecule has 1 atom stereocenters. The molecule has 1 amide bonds. The number of halogens is 3. The van der Waals surface area contributed by atoms with Crippen molar-refractivity contribution in [2.45, 2.75) is 18.9 Å². The molecule has 1 fully saturated rings. The number of ether oxygens (including phenoxy) is 2. The zero-order valence-corrected chi connectivity index (χ0v) is 14.6. The van der Waals surface area contributed by atoms with E-state index in [0.29, 0.717) is 5.69 Å². The summed E-state index contributed by atoms with van der Waals surface area (Å²) >= 11 is 0. The van der Waals surface area contributed by atoms with Crippen LogP contribution >= 0.6 is 0 Å². The van der Waals surface area contributed by atoms with Crippen LogP contribution in [0.2, 0.25) is 0 Å². The first-order chi connectivity index (χ1) is 12.8. The fraction of sp³-hybridized carbons (Fsp3) is 0.316. The predicted octanol–water partition coefficient (Wildman–Crippen LogP) is 4.06. The summed E-state index contributed by atoms with van der Waals surface area (Å²) in [7, 11) is 1.70. The fourth-order valence-corrected chi connectivity index (χ4v) is 2.92. The van der Waals surface area contributed by atoms with Crippen molar-refractivity contribution in [1.29, 1.82) is 0 Å². The van der Waals surface area contributed by atoms with Crippen molar-refractivity contribution in [3.8, 4) is 5.75 Å². The molecule has 0 unspecified atom stereocenters. The van der Waals surface area contributed by atoms with Gasteiger partial charge in [-0.05, 0) is 55.0 Å². The molecule has 1 saturated heterocycles. The van der Waals surface area contributed by atoms with Crippen LogP contribution in [0, 0.1) is 0 Å². The molecule has 1 N–H and O–H groups in total. The summed E-state index contributed by atoms with van der Waals surface area (Å²) in [5.41, 5.74) is 1.87. The number of amides is 1. The number of nitrogens with one attached hydrogen (secondary N) is 1. The third kappa shape index (κ3) is 5.13. The van der Waals surface area contributed by atoms with Crippen LogP contribution in [0.5, 0.6) is 5.75 Å². The minimum Gasteiger partial charge on any atom is -0.406 e. The fourth-order valence-electron chi connectivity index (χ4n) is 2.92. The largest absolute Gasteiger partial charge is 0.573 e. The number of methoxy groups -OCH3 is 1. The van der Waals surface area contributed by atoms with Gasteiger partial charge in [0.25, 0.3) is 5.91 Å². The van der Waals surface area contributed by atoms with Gasteiger partial charge in [0.05, 0.1) is 6.10 Å². The molecule has 0 aromatic heterocycles. The quantitative estimate of drug-likeness (QED) is 0.850. The van der Waals surface area contributed by atoms with Gasteiger partial charge in [0, 0.05) is 37.1 Å². The Bertz CT molecular complexity index is 776. The Labute approximate surface area is 154 Å². The standard InChI is InChI=1S/C19H19F3N2O3/c1-26-17-10-11-24(12-17)15-6-4-14(5-7-15)23-18(25)13-2-8-16(9-3-13)27-19(20,21)22/h2-9,17H,10-12H2,1H3,(H,23,25)/t17-/m0/s1. The van der Waals surface area contributed by atoms with E-state index in [-0.39, 0.29) is 17.4 Å². The Kier molecular flexibility index (Phi) is 5.55. The molecule has 27 heavy (non-hydrogen) atoms.